The largest absolute Gasteiger partial charge is 0.280 e. The molecule has 0 spiro atoms. The first-order valence-electron chi connectivity index (χ1n) is 7.67. The minimum Gasteiger partial charge on any atom is -0.280 e. The molecule has 0 radical (unpaired) electrons. The molecule has 0 aromatic heterocycles. The summed E-state index contributed by atoms with van der Waals surface area (Å²) in [6, 6.07) is 11.6. The first-order valence-corrected chi connectivity index (χ1v) is 9.54. The van der Waals surface area contributed by atoms with Gasteiger partial charge in [-0.15, -0.1) is 0 Å². The van der Waals surface area contributed by atoms with Crippen LogP contribution in [0.25, 0.3) is 0 Å². The Morgan fingerprint density at radius 3 is 2.27 bits per heavy atom. The van der Waals surface area contributed by atoms with Crippen LogP contribution in [-0.2, 0) is 14.8 Å². The molecular formula is C17H18ClN3O4S. The number of carbonyl (C=O) groups excluding carboxylic acids is 2. The lowest BCUT2D eigenvalue weighted by molar-refractivity contribution is -0.124. The lowest BCUT2D eigenvalue weighted by Crippen LogP contribution is -2.43. The van der Waals surface area contributed by atoms with Gasteiger partial charge in [0.05, 0.1) is 4.90 Å². The summed E-state index contributed by atoms with van der Waals surface area (Å²) in [5.74, 6) is -1.28. The van der Waals surface area contributed by atoms with E-state index < -0.39 is 15.9 Å². The van der Waals surface area contributed by atoms with Crippen molar-refractivity contribution in [2.75, 3.05) is 4.72 Å². The summed E-state index contributed by atoms with van der Waals surface area (Å²) in [7, 11) is -3.89. The summed E-state index contributed by atoms with van der Waals surface area (Å²) in [5, 5.41) is 0.482. The highest BCUT2D eigenvalue weighted by atomic mass is 35.5. The van der Waals surface area contributed by atoms with E-state index in [0.29, 0.717) is 10.7 Å². The molecule has 9 heteroatoms. The van der Waals surface area contributed by atoms with Crippen LogP contribution in [0.4, 0.5) is 5.69 Å². The van der Waals surface area contributed by atoms with Crippen LogP contribution < -0.4 is 15.6 Å². The minimum atomic E-state index is -3.89. The Bertz CT molecular complexity index is 912. The number of anilines is 1. The highest BCUT2D eigenvalue weighted by Crippen LogP contribution is 2.19. The van der Waals surface area contributed by atoms with Crippen LogP contribution in [0.2, 0.25) is 5.02 Å². The molecule has 0 heterocycles. The van der Waals surface area contributed by atoms with E-state index in [4.69, 9.17) is 11.6 Å². The molecule has 0 aliphatic heterocycles. The van der Waals surface area contributed by atoms with Crippen molar-refractivity contribution in [3.8, 4) is 0 Å². The Labute approximate surface area is 156 Å². The first kappa shape index (κ1) is 19.7. The summed E-state index contributed by atoms with van der Waals surface area (Å²) < 4.78 is 27.3. The lowest BCUT2D eigenvalue weighted by Gasteiger charge is -2.11. The normalized spacial score (nSPS) is 11.1. The zero-order valence-corrected chi connectivity index (χ0v) is 15.7. The Kier molecular flexibility index (Phi) is 6.23. The predicted octanol–water partition coefficient (Wildman–Crippen LogP) is 2.56. The third-order valence-corrected chi connectivity index (χ3v) is 4.96. The van der Waals surface area contributed by atoms with Crippen LogP contribution >= 0.6 is 11.6 Å². The maximum Gasteiger partial charge on any atom is 0.269 e. The number of halogens is 1. The number of hydrogen-bond donors (Lipinski definition) is 3. The van der Waals surface area contributed by atoms with Crippen molar-refractivity contribution in [1.29, 1.82) is 0 Å². The van der Waals surface area contributed by atoms with Gasteiger partial charge in [0.1, 0.15) is 0 Å². The van der Waals surface area contributed by atoms with E-state index in [1.807, 2.05) is 0 Å². The SMILES string of the molecule is CC(C)C(=O)NNC(=O)c1cccc(S(=O)(=O)Nc2ccc(Cl)cc2)c1. The number of nitrogens with one attached hydrogen (secondary N) is 3. The molecular weight excluding hydrogens is 378 g/mol. The predicted molar refractivity (Wildman–Crippen MR) is 99.1 cm³/mol. The Hall–Kier alpha value is -2.58. The fourth-order valence-corrected chi connectivity index (χ4v) is 3.10. The second kappa shape index (κ2) is 8.20. The third-order valence-electron chi connectivity index (χ3n) is 3.33. The molecule has 0 fully saturated rings. The van der Waals surface area contributed by atoms with Crippen LogP contribution in [0.5, 0.6) is 0 Å². The van der Waals surface area contributed by atoms with Crippen molar-refractivity contribution in [2.45, 2.75) is 18.7 Å². The van der Waals surface area contributed by atoms with Gasteiger partial charge >= 0.3 is 0 Å². The zero-order chi connectivity index (χ0) is 19.3. The van der Waals surface area contributed by atoms with Gasteiger partial charge in [-0.3, -0.25) is 25.2 Å². The molecule has 138 valence electrons. The molecule has 0 saturated carbocycles. The summed E-state index contributed by atoms with van der Waals surface area (Å²) in [6.45, 7) is 3.36. The van der Waals surface area contributed by atoms with E-state index in [2.05, 4.69) is 15.6 Å². The monoisotopic (exact) mass is 395 g/mol. The highest BCUT2D eigenvalue weighted by molar-refractivity contribution is 7.92. The minimum absolute atomic E-state index is 0.0877. The molecule has 0 bridgehead atoms. The Morgan fingerprint density at radius 1 is 1.00 bits per heavy atom. The van der Waals surface area contributed by atoms with Crippen LogP contribution in [0.1, 0.15) is 24.2 Å². The fraction of sp³-hybridized carbons (Fsp3) is 0.176. The van der Waals surface area contributed by atoms with E-state index in [1.165, 1.54) is 36.4 Å². The Balaban J connectivity index is 2.15. The summed E-state index contributed by atoms with van der Waals surface area (Å²) in [5.41, 5.74) is 4.95. The number of amides is 2. The van der Waals surface area contributed by atoms with Gasteiger partial charge in [-0.1, -0.05) is 31.5 Å². The zero-order valence-electron chi connectivity index (χ0n) is 14.1. The van der Waals surface area contributed by atoms with Crippen LogP contribution in [-0.4, -0.2) is 20.2 Å². The van der Waals surface area contributed by atoms with Crippen molar-refractivity contribution < 1.29 is 18.0 Å². The van der Waals surface area contributed by atoms with Crippen molar-refractivity contribution in [3.05, 3.63) is 59.1 Å². The topological polar surface area (TPSA) is 104 Å². The number of sulfonamides is 1. The average Bonchev–Trinajstić information content (AvgIpc) is 2.61. The van der Waals surface area contributed by atoms with Gasteiger partial charge in [0, 0.05) is 22.2 Å². The summed E-state index contributed by atoms with van der Waals surface area (Å²) in [6.07, 6.45) is 0. The van der Waals surface area contributed by atoms with Crippen molar-refractivity contribution in [2.24, 2.45) is 5.92 Å². The molecule has 0 saturated heterocycles. The van der Waals surface area contributed by atoms with Gasteiger partial charge in [-0.2, -0.15) is 0 Å². The second-order valence-electron chi connectivity index (χ2n) is 5.74. The number of rotatable bonds is 5. The molecule has 2 aromatic rings. The van der Waals surface area contributed by atoms with E-state index in [0.717, 1.165) is 0 Å². The van der Waals surface area contributed by atoms with E-state index in [1.54, 1.807) is 26.0 Å². The first-order chi connectivity index (χ1) is 12.2. The smallest absolute Gasteiger partial charge is 0.269 e. The fourth-order valence-electron chi connectivity index (χ4n) is 1.87. The molecule has 2 aromatic carbocycles. The van der Waals surface area contributed by atoms with Crippen molar-refractivity contribution in [1.82, 2.24) is 10.9 Å². The van der Waals surface area contributed by atoms with Crippen molar-refractivity contribution >= 4 is 39.1 Å². The van der Waals surface area contributed by atoms with Gasteiger partial charge in [0.15, 0.2) is 0 Å². The van der Waals surface area contributed by atoms with Gasteiger partial charge in [-0.05, 0) is 42.5 Å². The molecule has 3 N–H and O–H groups in total. The van der Waals surface area contributed by atoms with Crippen LogP contribution in [0, 0.1) is 5.92 Å². The van der Waals surface area contributed by atoms with Gasteiger partial charge in [0.25, 0.3) is 15.9 Å². The molecule has 26 heavy (non-hydrogen) atoms. The molecule has 2 amide bonds. The molecule has 0 atom stereocenters. The van der Waals surface area contributed by atoms with Crippen LogP contribution in [0.15, 0.2) is 53.4 Å². The average molecular weight is 396 g/mol. The third kappa shape index (κ3) is 5.21. The Morgan fingerprint density at radius 2 is 1.65 bits per heavy atom. The van der Waals surface area contributed by atoms with E-state index in [9.17, 15) is 18.0 Å². The van der Waals surface area contributed by atoms with Crippen molar-refractivity contribution in [3.63, 3.8) is 0 Å². The number of hydrazine groups is 1. The maximum atomic E-state index is 12.5. The number of benzene rings is 2. The molecule has 0 aliphatic rings. The quantitative estimate of drug-likeness (QED) is 0.676. The highest BCUT2D eigenvalue weighted by Gasteiger charge is 2.17. The summed E-state index contributed by atoms with van der Waals surface area (Å²) in [4.78, 5) is 23.5. The van der Waals surface area contributed by atoms with Gasteiger partial charge < -0.3 is 0 Å². The lowest BCUT2D eigenvalue weighted by atomic mass is 10.2. The second-order valence-corrected chi connectivity index (χ2v) is 7.86. The molecule has 0 aliphatic carbocycles. The molecule has 2 rings (SSSR count). The molecule has 0 unspecified atom stereocenters. The van der Waals surface area contributed by atoms with Crippen LogP contribution in [0.3, 0.4) is 0 Å². The number of hydrogen-bond acceptors (Lipinski definition) is 4. The number of carbonyl (C=O) groups is 2. The van der Waals surface area contributed by atoms with Gasteiger partial charge in [-0.25, -0.2) is 8.42 Å². The standard InChI is InChI=1S/C17H18ClN3O4S/c1-11(2)16(22)19-20-17(23)12-4-3-5-15(10-12)26(24,25)21-14-8-6-13(18)7-9-14/h3-11,21H,1-2H3,(H,19,22)(H,20,23). The van der Waals surface area contributed by atoms with E-state index >= 15 is 0 Å². The molecule has 7 nitrogen and oxygen atoms in total. The maximum absolute atomic E-state index is 12.5. The van der Waals surface area contributed by atoms with E-state index in [-0.39, 0.29) is 22.3 Å². The van der Waals surface area contributed by atoms with Gasteiger partial charge in [0.2, 0.25) is 5.91 Å². The summed E-state index contributed by atoms with van der Waals surface area (Å²) >= 11 is 5.78.